The number of hydrogen-bond acceptors (Lipinski definition) is 2. The van der Waals surface area contributed by atoms with E-state index in [-0.39, 0.29) is 11.9 Å². The number of nitrogens with one attached hydrogen (secondary N) is 1. The van der Waals surface area contributed by atoms with Crippen LogP contribution in [0.25, 0.3) is 0 Å². The predicted molar refractivity (Wildman–Crippen MR) is 106 cm³/mol. The van der Waals surface area contributed by atoms with Crippen molar-refractivity contribution in [3.8, 4) is 5.75 Å². The lowest BCUT2D eigenvalue weighted by atomic mass is 9.89. The van der Waals surface area contributed by atoms with Crippen molar-refractivity contribution in [2.75, 3.05) is 0 Å². The average molecular weight is 372 g/mol. The summed E-state index contributed by atoms with van der Waals surface area (Å²) in [5, 5.41) is 3.75. The van der Waals surface area contributed by atoms with Crippen LogP contribution in [-0.2, 0) is 17.6 Å². The number of aryl methyl sites for hydroxylation is 3. The van der Waals surface area contributed by atoms with E-state index >= 15 is 0 Å². The Kier molecular flexibility index (Phi) is 5.87. The number of fused-ring (bicyclic) bond motifs is 1. The van der Waals surface area contributed by atoms with Crippen molar-refractivity contribution < 1.29 is 9.53 Å². The topological polar surface area (TPSA) is 38.3 Å². The van der Waals surface area contributed by atoms with Gasteiger partial charge in [-0.15, -0.1) is 0 Å². The quantitative estimate of drug-likeness (QED) is 0.787. The second-order valence-corrected chi connectivity index (χ2v) is 7.54. The van der Waals surface area contributed by atoms with Gasteiger partial charge >= 0.3 is 0 Å². The lowest BCUT2D eigenvalue weighted by Gasteiger charge is -2.22. The predicted octanol–water partition coefficient (Wildman–Crippen LogP) is 5.17. The number of carbonyl (C=O) groups is 1. The van der Waals surface area contributed by atoms with Crippen LogP contribution in [0.4, 0.5) is 0 Å². The average Bonchev–Trinajstić information content (AvgIpc) is 2.64. The van der Waals surface area contributed by atoms with Crippen molar-refractivity contribution in [1.82, 2.24) is 5.32 Å². The van der Waals surface area contributed by atoms with Gasteiger partial charge in [-0.1, -0.05) is 29.8 Å². The highest BCUT2D eigenvalue weighted by Crippen LogP contribution is 2.25. The van der Waals surface area contributed by atoms with Crippen molar-refractivity contribution in [3.63, 3.8) is 0 Å². The molecular weight excluding hydrogens is 346 g/mol. The molecule has 4 heteroatoms. The fourth-order valence-corrected chi connectivity index (χ4v) is 3.50. The molecule has 0 saturated heterocycles. The maximum atomic E-state index is 12.5. The molecule has 0 saturated carbocycles. The van der Waals surface area contributed by atoms with Gasteiger partial charge in [0.15, 0.2) is 6.10 Å². The first-order chi connectivity index (χ1) is 12.4. The maximum Gasteiger partial charge on any atom is 0.261 e. The van der Waals surface area contributed by atoms with Crippen LogP contribution in [0, 0.1) is 6.92 Å². The van der Waals surface area contributed by atoms with Gasteiger partial charge in [-0.25, -0.2) is 0 Å². The molecule has 0 spiro atoms. The van der Waals surface area contributed by atoms with Gasteiger partial charge in [-0.05, 0) is 86.9 Å². The number of halogens is 1. The lowest BCUT2D eigenvalue weighted by molar-refractivity contribution is -0.127. The molecular formula is C22H26ClNO2. The molecule has 0 aliphatic heterocycles. The van der Waals surface area contributed by atoms with Gasteiger partial charge < -0.3 is 10.1 Å². The number of benzene rings is 2. The van der Waals surface area contributed by atoms with Gasteiger partial charge in [0.05, 0.1) is 6.04 Å². The van der Waals surface area contributed by atoms with Crippen LogP contribution < -0.4 is 10.1 Å². The summed E-state index contributed by atoms with van der Waals surface area (Å²) in [4.78, 5) is 12.5. The standard InChI is InChI=1S/C22H26ClNO2/c1-14-12-20(10-11-21(14)23)26-16(3)22(25)24-15(2)18-9-8-17-6-4-5-7-19(17)13-18/h8-13,15-16H,4-7H2,1-3H3,(H,24,25)/t15-,16+/m1/s1. The number of carbonyl (C=O) groups excluding carboxylic acids is 1. The molecule has 1 aliphatic rings. The summed E-state index contributed by atoms with van der Waals surface area (Å²) in [6.07, 6.45) is 4.26. The Balaban J connectivity index is 1.62. The Hall–Kier alpha value is -2.00. The third-order valence-corrected chi connectivity index (χ3v) is 5.47. The Morgan fingerprint density at radius 2 is 1.81 bits per heavy atom. The van der Waals surface area contributed by atoms with Crippen molar-refractivity contribution in [1.29, 1.82) is 0 Å². The zero-order valence-corrected chi connectivity index (χ0v) is 16.4. The van der Waals surface area contributed by atoms with Gasteiger partial charge in [0.25, 0.3) is 5.91 Å². The molecule has 0 unspecified atom stereocenters. The third kappa shape index (κ3) is 4.39. The lowest BCUT2D eigenvalue weighted by Crippen LogP contribution is -2.37. The van der Waals surface area contributed by atoms with Crippen molar-refractivity contribution in [3.05, 3.63) is 63.7 Å². The summed E-state index contributed by atoms with van der Waals surface area (Å²) in [7, 11) is 0. The molecule has 0 bridgehead atoms. The van der Waals surface area contributed by atoms with E-state index in [0.717, 1.165) is 17.5 Å². The van der Waals surface area contributed by atoms with Gasteiger partial charge in [-0.3, -0.25) is 4.79 Å². The Morgan fingerprint density at radius 1 is 1.08 bits per heavy atom. The van der Waals surface area contributed by atoms with Gasteiger partial charge in [0.2, 0.25) is 0 Å². The van der Waals surface area contributed by atoms with Crippen LogP contribution in [0.3, 0.4) is 0 Å². The van der Waals surface area contributed by atoms with Crippen LogP contribution in [0.2, 0.25) is 5.02 Å². The molecule has 1 aliphatic carbocycles. The first-order valence-corrected chi connectivity index (χ1v) is 9.66. The largest absolute Gasteiger partial charge is 0.481 e. The van der Waals surface area contributed by atoms with E-state index in [9.17, 15) is 4.79 Å². The van der Waals surface area contributed by atoms with E-state index in [4.69, 9.17) is 16.3 Å². The fourth-order valence-electron chi connectivity index (χ4n) is 3.38. The van der Waals surface area contributed by atoms with E-state index < -0.39 is 6.10 Å². The van der Waals surface area contributed by atoms with Gasteiger partial charge in [-0.2, -0.15) is 0 Å². The number of ether oxygens (including phenoxy) is 1. The second-order valence-electron chi connectivity index (χ2n) is 7.14. The molecule has 1 N–H and O–H groups in total. The molecule has 2 atom stereocenters. The molecule has 1 amide bonds. The first kappa shape index (κ1) is 18.8. The van der Waals surface area contributed by atoms with Crippen molar-refractivity contribution in [2.45, 2.75) is 58.6 Å². The van der Waals surface area contributed by atoms with Crippen LogP contribution in [-0.4, -0.2) is 12.0 Å². The molecule has 0 heterocycles. The second kappa shape index (κ2) is 8.13. The Labute approximate surface area is 160 Å². The smallest absolute Gasteiger partial charge is 0.261 e. The first-order valence-electron chi connectivity index (χ1n) is 9.29. The zero-order chi connectivity index (χ0) is 18.7. The normalized spacial score (nSPS) is 15.7. The highest BCUT2D eigenvalue weighted by atomic mass is 35.5. The monoisotopic (exact) mass is 371 g/mol. The van der Waals surface area contributed by atoms with Crippen molar-refractivity contribution in [2.24, 2.45) is 0 Å². The maximum absolute atomic E-state index is 12.5. The summed E-state index contributed by atoms with van der Waals surface area (Å²) in [6, 6.07) is 11.9. The van der Waals surface area contributed by atoms with E-state index in [2.05, 4.69) is 23.5 Å². The van der Waals surface area contributed by atoms with E-state index in [0.29, 0.717) is 10.8 Å². The molecule has 3 rings (SSSR count). The number of hydrogen-bond donors (Lipinski definition) is 1. The molecule has 2 aromatic carbocycles. The van der Waals surface area contributed by atoms with E-state index in [1.807, 2.05) is 19.9 Å². The third-order valence-electron chi connectivity index (χ3n) is 5.04. The van der Waals surface area contributed by atoms with Crippen LogP contribution in [0.5, 0.6) is 5.75 Å². The fraction of sp³-hybridized carbons (Fsp3) is 0.409. The molecule has 26 heavy (non-hydrogen) atoms. The molecule has 2 aromatic rings. The molecule has 0 fully saturated rings. The molecule has 0 radical (unpaired) electrons. The van der Waals surface area contributed by atoms with E-state index in [1.54, 1.807) is 19.1 Å². The highest BCUT2D eigenvalue weighted by molar-refractivity contribution is 6.31. The Morgan fingerprint density at radius 3 is 2.54 bits per heavy atom. The summed E-state index contributed by atoms with van der Waals surface area (Å²) in [5.74, 6) is 0.527. The van der Waals surface area contributed by atoms with E-state index in [1.165, 1.54) is 30.4 Å². The zero-order valence-electron chi connectivity index (χ0n) is 15.6. The summed E-state index contributed by atoms with van der Waals surface area (Å²) in [5.41, 5.74) is 4.96. The summed E-state index contributed by atoms with van der Waals surface area (Å²) in [6.45, 7) is 5.69. The minimum atomic E-state index is -0.573. The highest BCUT2D eigenvalue weighted by Gasteiger charge is 2.19. The summed E-state index contributed by atoms with van der Waals surface area (Å²) < 4.78 is 5.77. The molecule has 138 valence electrons. The Bertz CT molecular complexity index is 803. The minimum absolute atomic E-state index is 0.0484. The SMILES string of the molecule is Cc1cc(O[C@@H](C)C(=O)N[C@H](C)c2ccc3c(c2)CCCC3)ccc1Cl. The van der Waals surface area contributed by atoms with Crippen LogP contribution in [0.15, 0.2) is 36.4 Å². The minimum Gasteiger partial charge on any atom is -0.481 e. The van der Waals surface area contributed by atoms with Gasteiger partial charge in [0, 0.05) is 5.02 Å². The van der Waals surface area contributed by atoms with Gasteiger partial charge in [0.1, 0.15) is 5.75 Å². The van der Waals surface area contributed by atoms with Crippen molar-refractivity contribution >= 4 is 17.5 Å². The number of rotatable bonds is 5. The molecule has 3 nitrogen and oxygen atoms in total. The summed E-state index contributed by atoms with van der Waals surface area (Å²) >= 11 is 6.03. The van der Waals surface area contributed by atoms with Crippen LogP contribution >= 0.6 is 11.6 Å². The number of amides is 1. The molecule has 0 aromatic heterocycles. The van der Waals surface area contributed by atoms with Crippen LogP contribution in [0.1, 0.15) is 55.0 Å².